The van der Waals surface area contributed by atoms with Gasteiger partial charge < -0.3 is 15.3 Å². The normalized spacial score (nSPS) is 27.0. The van der Waals surface area contributed by atoms with Crippen LogP contribution in [0, 0.1) is 11.3 Å². The molecule has 1 fully saturated rings. The molecule has 1 aromatic rings. The summed E-state index contributed by atoms with van der Waals surface area (Å²) in [6.07, 6.45) is 0.633. The highest BCUT2D eigenvalue weighted by atomic mass is 16.3. The highest BCUT2D eigenvalue weighted by Gasteiger charge is 2.45. The van der Waals surface area contributed by atoms with Gasteiger partial charge in [0.05, 0.1) is 23.2 Å². The zero-order chi connectivity index (χ0) is 15.2. The maximum Gasteiger partial charge on any atom is 0.223 e. The number of nitrogens with one attached hydrogen (secondary N) is 1. The van der Waals surface area contributed by atoms with Crippen molar-refractivity contribution in [3.63, 3.8) is 0 Å². The summed E-state index contributed by atoms with van der Waals surface area (Å²) < 4.78 is 0. The van der Waals surface area contributed by atoms with Crippen LogP contribution in [0.2, 0.25) is 0 Å². The van der Waals surface area contributed by atoms with Crippen molar-refractivity contribution in [1.29, 1.82) is 5.26 Å². The molecule has 0 spiro atoms. The second-order valence-corrected chi connectivity index (χ2v) is 6.34. The third-order valence-electron chi connectivity index (χ3n) is 4.44. The molecule has 3 rings (SSSR count). The Morgan fingerprint density at radius 3 is 2.86 bits per heavy atom. The van der Waals surface area contributed by atoms with Gasteiger partial charge in [0.1, 0.15) is 6.10 Å². The van der Waals surface area contributed by atoms with E-state index >= 15 is 0 Å². The Morgan fingerprint density at radius 2 is 2.24 bits per heavy atom. The van der Waals surface area contributed by atoms with Crippen molar-refractivity contribution in [1.82, 2.24) is 4.90 Å². The third kappa shape index (κ3) is 2.16. The molecule has 2 atom stereocenters. The number of rotatable bonds is 1. The molecule has 1 amide bonds. The fraction of sp³-hybridized carbons (Fsp3) is 0.500. The Morgan fingerprint density at radius 1 is 1.48 bits per heavy atom. The molecule has 2 aliphatic heterocycles. The van der Waals surface area contributed by atoms with Crippen molar-refractivity contribution >= 4 is 11.6 Å². The smallest absolute Gasteiger partial charge is 0.223 e. The first kappa shape index (κ1) is 13.9. The van der Waals surface area contributed by atoms with Crippen molar-refractivity contribution in [2.75, 3.05) is 11.9 Å². The summed E-state index contributed by atoms with van der Waals surface area (Å²) in [7, 11) is 0. The molecule has 2 aliphatic rings. The van der Waals surface area contributed by atoms with E-state index in [0.717, 1.165) is 17.7 Å². The number of hydrogen-bond donors (Lipinski definition) is 2. The molecule has 1 saturated heterocycles. The number of hydrogen-bond acceptors (Lipinski definition) is 4. The summed E-state index contributed by atoms with van der Waals surface area (Å²) in [5.41, 5.74) is 1.72. The second kappa shape index (κ2) is 4.74. The van der Waals surface area contributed by atoms with E-state index < -0.39 is 11.6 Å². The van der Waals surface area contributed by atoms with Gasteiger partial charge in [-0.3, -0.25) is 4.79 Å². The standard InChI is InChI=1S/C16H19N3O2/c1-16(2)15(21)14(19-7-3-4-13(19)20)11-8-10(9-17)5-6-12(11)18-16/h5-6,8,14-15,18,21H,3-4,7H2,1-2H3. The van der Waals surface area contributed by atoms with Gasteiger partial charge in [-0.1, -0.05) is 0 Å². The van der Waals surface area contributed by atoms with Crippen LogP contribution in [-0.2, 0) is 4.79 Å². The summed E-state index contributed by atoms with van der Waals surface area (Å²) in [6.45, 7) is 4.51. The van der Waals surface area contributed by atoms with Crippen LogP contribution in [0.1, 0.15) is 43.9 Å². The molecule has 2 unspecified atom stereocenters. The second-order valence-electron chi connectivity index (χ2n) is 6.34. The monoisotopic (exact) mass is 285 g/mol. The minimum absolute atomic E-state index is 0.0741. The van der Waals surface area contributed by atoms with E-state index in [-0.39, 0.29) is 11.9 Å². The number of aliphatic hydroxyl groups is 1. The van der Waals surface area contributed by atoms with E-state index in [1.165, 1.54) is 0 Å². The Bertz CT molecular complexity index is 633. The fourth-order valence-electron chi connectivity index (χ4n) is 3.28. The molecule has 0 saturated carbocycles. The van der Waals surface area contributed by atoms with Gasteiger partial charge in [0.15, 0.2) is 0 Å². The lowest BCUT2D eigenvalue weighted by Crippen LogP contribution is -2.55. The van der Waals surface area contributed by atoms with Crippen LogP contribution in [0.25, 0.3) is 0 Å². The number of benzene rings is 1. The van der Waals surface area contributed by atoms with Gasteiger partial charge in [0.25, 0.3) is 0 Å². The van der Waals surface area contributed by atoms with Crippen molar-refractivity contribution in [3.05, 3.63) is 29.3 Å². The van der Waals surface area contributed by atoms with E-state index in [2.05, 4.69) is 11.4 Å². The third-order valence-corrected chi connectivity index (χ3v) is 4.44. The molecule has 2 N–H and O–H groups in total. The van der Waals surface area contributed by atoms with Crippen molar-refractivity contribution in [2.24, 2.45) is 0 Å². The molecule has 0 radical (unpaired) electrons. The van der Waals surface area contributed by atoms with Crippen LogP contribution in [-0.4, -0.2) is 34.1 Å². The quantitative estimate of drug-likeness (QED) is 0.824. The lowest BCUT2D eigenvalue weighted by molar-refractivity contribution is -0.133. The summed E-state index contributed by atoms with van der Waals surface area (Å²) in [5, 5.41) is 23.2. The number of carbonyl (C=O) groups excluding carboxylic acids is 1. The highest BCUT2D eigenvalue weighted by molar-refractivity contribution is 5.79. The van der Waals surface area contributed by atoms with Gasteiger partial charge in [-0.2, -0.15) is 5.26 Å². The topological polar surface area (TPSA) is 76.4 Å². The van der Waals surface area contributed by atoms with E-state index in [9.17, 15) is 9.90 Å². The van der Waals surface area contributed by atoms with E-state index in [1.807, 2.05) is 19.9 Å². The zero-order valence-corrected chi connectivity index (χ0v) is 12.3. The Labute approximate surface area is 124 Å². The van der Waals surface area contributed by atoms with Crippen molar-refractivity contribution in [2.45, 2.75) is 44.4 Å². The zero-order valence-electron chi connectivity index (χ0n) is 12.3. The van der Waals surface area contributed by atoms with Crippen LogP contribution < -0.4 is 5.32 Å². The predicted octanol–water partition coefficient (Wildman–Crippen LogP) is 1.79. The molecule has 5 heteroatoms. The number of carbonyl (C=O) groups is 1. The number of fused-ring (bicyclic) bond motifs is 1. The first-order chi connectivity index (χ1) is 9.94. The fourth-order valence-corrected chi connectivity index (χ4v) is 3.28. The Hall–Kier alpha value is -2.06. The summed E-state index contributed by atoms with van der Waals surface area (Å²) in [4.78, 5) is 13.9. The number of anilines is 1. The average Bonchev–Trinajstić information content (AvgIpc) is 2.86. The Balaban J connectivity index is 2.12. The number of nitriles is 1. The summed E-state index contributed by atoms with van der Waals surface area (Å²) in [5.74, 6) is 0.0741. The number of nitrogens with zero attached hydrogens (tertiary/aromatic N) is 2. The van der Waals surface area contributed by atoms with Crippen LogP contribution in [0.3, 0.4) is 0 Å². The Kier molecular flexibility index (Phi) is 3.14. The number of likely N-dealkylation sites (tertiary alicyclic amines) is 1. The van der Waals surface area contributed by atoms with Crippen molar-refractivity contribution in [3.8, 4) is 6.07 Å². The number of aliphatic hydroxyl groups excluding tert-OH is 1. The van der Waals surface area contributed by atoms with Crippen LogP contribution in [0.4, 0.5) is 5.69 Å². The molecule has 21 heavy (non-hydrogen) atoms. The van der Waals surface area contributed by atoms with Gasteiger partial charge in [-0.05, 0) is 38.5 Å². The largest absolute Gasteiger partial charge is 0.388 e. The maximum absolute atomic E-state index is 12.1. The van der Waals surface area contributed by atoms with Gasteiger partial charge in [0.2, 0.25) is 5.91 Å². The molecular weight excluding hydrogens is 266 g/mol. The SMILES string of the molecule is CC1(C)Nc2ccc(C#N)cc2C(N2CCCC2=O)C1O. The minimum Gasteiger partial charge on any atom is -0.388 e. The molecule has 0 bridgehead atoms. The maximum atomic E-state index is 12.1. The first-order valence-electron chi connectivity index (χ1n) is 7.24. The molecule has 1 aromatic carbocycles. The van der Waals surface area contributed by atoms with Crippen LogP contribution in [0.5, 0.6) is 0 Å². The molecule has 0 aliphatic carbocycles. The molecule has 0 aromatic heterocycles. The predicted molar refractivity (Wildman–Crippen MR) is 78.6 cm³/mol. The van der Waals surface area contributed by atoms with E-state index in [4.69, 9.17) is 5.26 Å². The van der Waals surface area contributed by atoms with Crippen LogP contribution >= 0.6 is 0 Å². The average molecular weight is 285 g/mol. The van der Waals surface area contributed by atoms with E-state index in [0.29, 0.717) is 18.5 Å². The minimum atomic E-state index is -0.721. The van der Waals surface area contributed by atoms with Gasteiger partial charge >= 0.3 is 0 Å². The van der Waals surface area contributed by atoms with Gasteiger partial charge in [-0.25, -0.2) is 0 Å². The molecule has 110 valence electrons. The molecule has 5 nitrogen and oxygen atoms in total. The molecule has 2 heterocycles. The first-order valence-corrected chi connectivity index (χ1v) is 7.24. The summed E-state index contributed by atoms with van der Waals surface area (Å²) in [6, 6.07) is 7.12. The van der Waals surface area contributed by atoms with Crippen molar-refractivity contribution < 1.29 is 9.90 Å². The number of amides is 1. The van der Waals surface area contributed by atoms with E-state index in [1.54, 1.807) is 17.0 Å². The van der Waals surface area contributed by atoms with Gasteiger partial charge in [-0.15, -0.1) is 0 Å². The lowest BCUT2D eigenvalue weighted by atomic mass is 9.81. The van der Waals surface area contributed by atoms with Crippen LogP contribution in [0.15, 0.2) is 18.2 Å². The summed E-state index contributed by atoms with van der Waals surface area (Å²) >= 11 is 0. The lowest BCUT2D eigenvalue weighted by Gasteiger charge is -2.46. The van der Waals surface area contributed by atoms with Gasteiger partial charge in [0, 0.05) is 24.2 Å². The highest BCUT2D eigenvalue weighted by Crippen LogP contribution is 2.42. The molecular formula is C16H19N3O2.